The van der Waals surface area contributed by atoms with E-state index in [1.54, 1.807) is 11.3 Å². The molecule has 0 radical (unpaired) electrons. The summed E-state index contributed by atoms with van der Waals surface area (Å²) in [5.74, 6) is 0.914. The lowest BCUT2D eigenvalue weighted by atomic mass is 10.1. The summed E-state index contributed by atoms with van der Waals surface area (Å²) in [7, 11) is 0. The van der Waals surface area contributed by atoms with Crippen LogP contribution >= 0.6 is 24.0 Å². The number of fused-ring (bicyclic) bond motifs is 1. The van der Waals surface area contributed by atoms with Gasteiger partial charge in [-0.15, -0.1) is 11.3 Å². The lowest BCUT2D eigenvalue weighted by Gasteiger charge is -1.93. The molecule has 0 atom stereocenters. The third-order valence-corrected chi connectivity index (χ3v) is 3.22. The zero-order chi connectivity index (χ0) is 9.80. The van der Waals surface area contributed by atoms with Crippen LogP contribution in [-0.4, -0.2) is 5.75 Å². The number of rotatable bonds is 3. The van der Waals surface area contributed by atoms with Crippen molar-refractivity contribution >= 4 is 40.1 Å². The maximum Gasteiger partial charge on any atom is 0.0348 e. The van der Waals surface area contributed by atoms with Crippen LogP contribution < -0.4 is 0 Å². The first-order valence-electron chi connectivity index (χ1n) is 4.65. The van der Waals surface area contributed by atoms with Gasteiger partial charge in [-0.05, 0) is 40.6 Å². The largest absolute Gasteiger partial charge is 0.179 e. The molecule has 0 unspecified atom stereocenters. The average Bonchev–Trinajstić information content (AvgIpc) is 2.65. The molecule has 1 aromatic carbocycles. The van der Waals surface area contributed by atoms with Gasteiger partial charge in [0.1, 0.15) is 0 Å². The SMILES string of the molecule is SCCC=Cc1ccc2ccsc2c1. The minimum atomic E-state index is 0.914. The first-order valence-corrected chi connectivity index (χ1v) is 6.16. The minimum Gasteiger partial charge on any atom is -0.179 e. The quantitative estimate of drug-likeness (QED) is 0.735. The molecule has 0 aliphatic rings. The van der Waals surface area contributed by atoms with Gasteiger partial charge in [0.25, 0.3) is 0 Å². The Labute approximate surface area is 93.7 Å². The number of allylic oxidation sites excluding steroid dienone is 1. The Morgan fingerprint density at radius 1 is 1.29 bits per heavy atom. The summed E-state index contributed by atoms with van der Waals surface area (Å²) in [6.45, 7) is 0. The van der Waals surface area contributed by atoms with Gasteiger partial charge in [-0.25, -0.2) is 0 Å². The normalized spacial score (nSPS) is 11.5. The van der Waals surface area contributed by atoms with Gasteiger partial charge >= 0.3 is 0 Å². The third-order valence-electron chi connectivity index (χ3n) is 2.09. The number of thiophene rings is 1. The summed E-state index contributed by atoms with van der Waals surface area (Å²) < 4.78 is 1.36. The van der Waals surface area contributed by atoms with Crippen LogP contribution in [0.25, 0.3) is 16.2 Å². The van der Waals surface area contributed by atoms with E-state index in [0.29, 0.717) is 0 Å². The highest BCUT2D eigenvalue weighted by Gasteiger charge is 1.94. The summed E-state index contributed by atoms with van der Waals surface area (Å²) in [5, 5.41) is 3.47. The molecular weight excluding hydrogens is 208 g/mol. The Morgan fingerprint density at radius 2 is 2.21 bits per heavy atom. The fourth-order valence-electron chi connectivity index (χ4n) is 1.37. The second-order valence-corrected chi connectivity index (χ2v) is 4.53. The van der Waals surface area contributed by atoms with E-state index in [9.17, 15) is 0 Å². The molecule has 0 N–H and O–H groups in total. The zero-order valence-corrected chi connectivity index (χ0v) is 9.52. The van der Waals surface area contributed by atoms with Gasteiger partial charge in [-0.3, -0.25) is 0 Å². The highest BCUT2D eigenvalue weighted by atomic mass is 32.1. The van der Waals surface area contributed by atoms with Crippen molar-refractivity contribution < 1.29 is 0 Å². The lowest BCUT2D eigenvalue weighted by Crippen LogP contribution is -1.71. The van der Waals surface area contributed by atoms with Gasteiger partial charge in [0.2, 0.25) is 0 Å². The first kappa shape index (κ1) is 9.81. The second kappa shape index (κ2) is 4.67. The standard InChI is InChI=1S/C12H12S2/c13-7-2-1-3-10-4-5-11-6-8-14-12(11)9-10/h1,3-6,8-9,13H,2,7H2. The third kappa shape index (κ3) is 2.20. The highest BCUT2D eigenvalue weighted by molar-refractivity contribution is 7.80. The fourth-order valence-corrected chi connectivity index (χ4v) is 2.36. The predicted octanol–water partition coefficient (Wildman–Crippen LogP) is 4.23. The van der Waals surface area contributed by atoms with Crippen molar-refractivity contribution in [2.24, 2.45) is 0 Å². The van der Waals surface area contributed by atoms with Gasteiger partial charge in [-0.1, -0.05) is 24.3 Å². The van der Waals surface area contributed by atoms with Gasteiger partial charge in [0.15, 0.2) is 0 Å². The molecule has 2 aromatic rings. The molecule has 0 amide bonds. The van der Waals surface area contributed by atoms with E-state index in [-0.39, 0.29) is 0 Å². The molecule has 2 rings (SSSR count). The van der Waals surface area contributed by atoms with Crippen LogP contribution in [0, 0.1) is 0 Å². The average molecular weight is 220 g/mol. The Bertz CT molecular complexity index is 440. The summed E-state index contributed by atoms with van der Waals surface area (Å²) in [6, 6.07) is 8.71. The predicted molar refractivity (Wildman–Crippen MR) is 69.3 cm³/mol. The molecule has 2 heteroatoms. The van der Waals surface area contributed by atoms with Crippen molar-refractivity contribution in [2.45, 2.75) is 6.42 Å². The molecule has 0 saturated carbocycles. The van der Waals surface area contributed by atoms with Gasteiger partial charge in [-0.2, -0.15) is 12.6 Å². The Morgan fingerprint density at radius 3 is 3.07 bits per heavy atom. The number of benzene rings is 1. The van der Waals surface area contributed by atoms with Crippen molar-refractivity contribution in [1.29, 1.82) is 0 Å². The van der Waals surface area contributed by atoms with Gasteiger partial charge in [0.05, 0.1) is 0 Å². The van der Waals surface area contributed by atoms with E-state index >= 15 is 0 Å². The smallest absolute Gasteiger partial charge is 0.0348 e. The summed E-state index contributed by atoms with van der Waals surface area (Å²) in [6.07, 6.45) is 5.36. The van der Waals surface area contributed by atoms with Crippen molar-refractivity contribution in [3.63, 3.8) is 0 Å². The van der Waals surface area contributed by atoms with E-state index in [0.717, 1.165) is 12.2 Å². The molecule has 0 fully saturated rings. The Balaban J connectivity index is 2.25. The summed E-state index contributed by atoms with van der Waals surface area (Å²) >= 11 is 5.96. The van der Waals surface area contributed by atoms with Crippen LogP contribution in [0.4, 0.5) is 0 Å². The van der Waals surface area contributed by atoms with Crippen LogP contribution in [0.15, 0.2) is 35.7 Å². The van der Waals surface area contributed by atoms with Crippen molar-refractivity contribution in [1.82, 2.24) is 0 Å². The van der Waals surface area contributed by atoms with E-state index in [1.165, 1.54) is 15.6 Å². The number of thiol groups is 1. The van der Waals surface area contributed by atoms with E-state index in [2.05, 4.69) is 54.4 Å². The maximum atomic E-state index is 4.17. The molecule has 14 heavy (non-hydrogen) atoms. The van der Waals surface area contributed by atoms with Crippen LogP contribution in [0.5, 0.6) is 0 Å². The monoisotopic (exact) mass is 220 g/mol. The topological polar surface area (TPSA) is 0 Å². The zero-order valence-electron chi connectivity index (χ0n) is 7.81. The summed E-state index contributed by atoms with van der Waals surface area (Å²) in [4.78, 5) is 0. The fraction of sp³-hybridized carbons (Fsp3) is 0.167. The first-order chi connectivity index (χ1) is 6.90. The minimum absolute atomic E-state index is 0.914. The maximum absolute atomic E-state index is 4.17. The molecule has 0 saturated heterocycles. The molecule has 0 bridgehead atoms. The molecule has 72 valence electrons. The van der Waals surface area contributed by atoms with E-state index in [1.807, 2.05) is 0 Å². The van der Waals surface area contributed by atoms with Crippen molar-refractivity contribution in [3.05, 3.63) is 41.3 Å². The summed E-state index contributed by atoms with van der Waals surface area (Å²) in [5.41, 5.74) is 1.28. The Kier molecular flexibility index (Phi) is 3.27. The molecule has 0 nitrogen and oxygen atoms in total. The van der Waals surface area contributed by atoms with Crippen LogP contribution in [-0.2, 0) is 0 Å². The Hall–Kier alpha value is -0.730. The molecule has 0 aliphatic carbocycles. The molecule has 1 heterocycles. The van der Waals surface area contributed by atoms with Gasteiger partial charge in [0, 0.05) is 4.70 Å². The van der Waals surface area contributed by atoms with Crippen molar-refractivity contribution in [2.75, 3.05) is 5.75 Å². The van der Waals surface area contributed by atoms with E-state index < -0.39 is 0 Å². The molecule has 0 spiro atoms. The highest BCUT2D eigenvalue weighted by Crippen LogP contribution is 2.22. The lowest BCUT2D eigenvalue weighted by molar-refractivity contribution is 1.26. The number of hydrogen-bond donors (Lipinski definition) is 1. The second-order valence-electron chi connectivity index (χ2n) is 3.13. The van der Waals surface area contributed by atoms with Gasteiger partial charge < -0.3 is 0 Å². The van der Waals surface area contributed by atoms with Crippen LogP contribution in [0.3, 0.4) is 0 Å². The molecule has 0 aliphatic heterocycles. The molecule has 1 aromatic heterocycles. The van der Waals surface area contributed by atoms with Crippen LogP contribution in [0.1, 0.15) is 12.0 Å². The number of hydrogen-bond acceptors (Lipinski definition) is 2. The van der Waals surface area contributed by atoms with E-state index in [4.69, 9.17) is 0 Å². The van der Waals surface area contributed by atoms with Crippen LogP contribution in [0.2, 0.25) is 0 Å². The van der Waals surface area contributed by atoms with Crippen molar-refractivity contribution in [3.8, 4) is 0 Å². The molecular formula is C12H12S2.